The fourth-order valence-electron chi connectivity index (χ4n) is 4.38. The van der Waals surface area contributed by atoms with Crippen molar-refractivity contribution in [2.45, 2.75) is 44.1 Å². The maximum Gasteiger partial charge on any atom is 0.419 e. The van der Waals surface area contributed by atoms with E-state index in [1.807, 2.05) is 0 Å². The van der Waals surface area contributed by atoms with E-state index in [0.717, 1.165) is 6.07 Å². The number of hydrogen-bond donors (Lipinski definition) is 1. The van der Waals surface area contributed by atoms with Crippen LogP contribution in [0.5, 0.6) is 0 Å². The van der Waals surface area contributed by atoms with Crippen molar-refractivity contribution in [3.05, 3.63) is 81.6 Å². The molecule has 1 atom stereocenters. The molecule has 1 aliphatic rings. The van der Waals surface area contributed by atoms with Gasteiger partial charge in [0, 0.05) is 36.0 Å². The van der Waals surface area contributed by atoms with E-state index in [9.17, 15) is 40.3 Å². The summed E-state index contributed by atoms with van der Waals surface area (Å²) in [6.07, 6.45) is -10.3. The molecule has 1 heterocycles. The van der Waals surface area contributed by atoms with E-state index in [-0.39, 0.29) is 24.0 Å². The molecule has 212 valence electrons. The molecule has 1 amide bonds. The third-order valence-corrected chi connectivity index (χ3v) is 6.68. The van der Waals surface area contributed by atoms with E-state index in [2.05, 4.69) is 5.16 Å². The highest BCUT2D eigenvalue weighted by Crippen LogP contribution is 2.42. The van der Waals surface area contributed by atoms with Crippen molar-refractivity contribution >= 4 is 39.8 Å². The fourth-order valence-corrected chi connectivity index (χ4v) is 4.60. The molecule has 1 aliphatic heterocycles. The molecule has 0 aromatic heterocycles. The molecule has 4 rings (SSSR count). The number of Topliss-reactive ketones (excluding diaryl/α,β-unsaturated/α-hetero) is 1. The Morgan fingerprint density at radius 1 is 1.02 bits per heavy atom. The van der Waals surface area contributed by atoms with Crippen molar-refractivity contribution < 1.29 is 45.2 Å². The van der Waals surface area contributed by atoms with Crippen LogP contribution >= 0.6 is 11.6 Å². The maximum atomic E-state index is 14.1. The first kappa shape index (κ1) is 29.3. The number of oxime groups is 1. The van der Waals surface area contributed by atoms with Gasteiger partial charge in [-0.25, -0.2) is 4.39 Å². The van der Waals surface area contributed by atoms with Gasteiger partial charge in [0.2, 0.25) is 5.91 Å². The molecule has 0 saturated heterocycles. The Balaban J connectivity index is 1.58. The summed E-state index contributed by atoms with van der Waals surface area (Å²) in [6.45, 7) is -0.0143. The van der Waals surface area contributed by atoms with Crippen molar-refractivity contribution in [3.8, 4) is 0 Å². The lowest BCUT2D eigenvalue weighted by Gasteiger charge is -2.24. The minimum Gasteiger partial charge on any atom is -0.384 e. The standard InChI is InChI=1S/C27H20ClF7N2O3/c1-25(14-10-19(27(33,34)35)24(29)20(28)11-14)12-21(37-40-25)17-6-7-18(16-5-3-2-4-15(16)17)22(38)8-9-23(39)36-13-26(30,31)32/h2-7,10-11H,8-9,12-13H2,1H3,(H,36,39). The Hall–Kier alpha value is -3.67. The average molecular weight is 589 g/mol. The number of amides is 1. The van der Waals surface area contributed by atoms with Crippen LogP contribution in [0, 0.1) is 5.82 Å². The number of benzene rings is 3. The molecule has 3 aromatic rings. The van der Waals surface area contributed by atoms with Gasteiger partial charge in [0.05, 0.1) is 16.3 Å². The lowest BCUT2D eigenvalue weighted by molar-refractivity contribution is -0.140. The number of halogens is 8. The van der Waals surface area contributed by atoms with Gasteiger partial charge in [-0.1, -0.05) is 53.2 Å². The highest BCUT2D eigenvalue weighted by molar-refractivity contribution is 6.31. The monoisotopic (exact) mass is 588 g/mol. The second kappa shape index (κ2) is 10.7. The van der Waals surface area contributed by atoms with Crippen LogP contribution in [0.25, 0.3) is 10.8 Å². The number of hydrogen-bond acceptors (Lipinski definition) is 4. The van der Waals surface area contributed by atoms with Crippen LogP contribution < -0.4 is 5.32 Å². The van der Waals surface area contributed by atoms with Crippen LogP contribution in [0.15, 0.2) is 53.7 Å². The average Bonchev–Trinajstić information content (AvgIpc) is 3.28. The minimum atomic E-state index is -4.99. The summed E-state index contributed by atoms with van der Waals surface area (Å²) in [6, 6.07) is 11.4. The van der Waals surface area contributed by atoms with Crippen molar-refractivity contribution in [1.82, 2.24) is 5.32 Å². The van der Waals surface area contributed by atoms with Gasteiger partial charge in [-0.2, -0.15) is 26.3 Å². The van der Waals surface area contributed by atoms with Gasteiger partial charge in [0.1, 0.15) is 6.54 Å². The Morgan fingerprint density at radius 3 is 2.35 bits per heavy atom. The number of ketones is 1. The Bertz CT molecular complexity index is 1520. The van der Waals surface area contributed by atoms with Gasteiger partial charge in [0.15, 0.2) is 17.2 Å². The number of alkyl halides is 6. The molecule has 1 unspecified atom stereocenters. The molecule has 13 heteroatoms. The first-order chi connectivity index (χ1) is 18.6. The lowest BCUT2D eigenvalue weighted by Crippen LogP contribution is -2.33. The number of fused-ring (bicyclic) bond motifs is 1. The normalized spacial score (nSPS) is 17.5. The van der Waals surface area contributed by atoms with E-state index in [1.165, 1.54) is 13.0 Å². The quantitative estimate of drug-likeness (QED) is 0.232. The molecule has 3 aromatic carbocycles. The van der Waals surface area contributed by atoms with Gasteiger partial charge >= 0.3 is 12.4 Å². The van der Waals surface area contributed by atoms with Crippen molar-refractivity contribution in [2.24, 2.45) is 5.16 Å². The second-order valence-corrected chi connectivity index (χ2v) is 9.78. The fraction of sp³-hybridized carbons (Fsp3) is 0.296. The summed E-state index contributed by atoms with van der Waals surface area (Å²) >= 11 is 5.75. The number of rotatable bonds is 7. The third-order valence-electron chi connectivity index (χ3n) is 6.41. The summed E-state index contributed by atoms with van der Waals surface area (Å²) in [5, 5.41) is 6.09. The highest BCUT2D eigenvalue weighted by Gasteiger charge is 2.42. The number of carbonyl (C=O) groups excluding carboxylic acids is 2. The molecule has 5 nitrogen and oxygen atoms in total. The van der Waals surface area contributed by atoms with E-state index in [4.69, 9.17) is 16.4 Å². The molecular formula is C27H20ClF7N2O3. The van der Waals surface area contributed by atoms with Crippen molar-refractivity contribution in [1.29, 1.82) is 0 Å². The predicted molar refractivity (Wildman–Crippen MR) is 133 cm³/mol. The first-order valence-electron chi connectivity index (χ1n) is 11.8. The SMILES string of the molecule is CC1(c2cc(Cl)c(F)c(C(F)(F)F)c2)CC(c2ccc(C(=O)CCC(=O)NCC(F)(F)F)c3ccccc23)=NO1. The predicted octanol–water partition coefficient (Wildman–Crippen LogP) is 7.33. The summed E-state index contributed by atoms with van der Waals surface area (Å²) in [5.74, 6) is -2.98. The Morgan fingerprint density at radius 2 is 1.70 bits per heavy atom. The van der Waals surface area contributed by atoms with Gasteiger partial charge < -0.3 is 10.2 Å². The summed E-state index contributed by atoms with van der Waals surface area (Å²) in [4.78, 5) is 30.1. The molecule has 0 spiro atoms. The number of nitrogens with zero attached hydrogens (tertiary/aromatic N) is 1. The molecular weight excluding hydrogens is 569 g/mol. The van der Waals surface area contributed by atoms with E-state index < -0.39 is 59.0 Å². The summed E-state index contributed by atoms with van der Waals surface area (Å²) in [5.41, 5.74) is -1.89. The smallest absolute Gasteiger partial charge is 0.384 e. The van der Waals surface area contributed by atoms with E-state index in [0.29, 0.717) is 28.1 Å². The van der Waals surface area contributed by atoms with Gasteiger partial charge in [-0.3, -0.25) is 9.59 Å². The van der Waals surface area contributed by atoms with Crippen molar-refractivity contribution in [3.63, 3.8) is 0 Å². The Labute approximate surface area is 227 Å². The topological polar surface area (TPSA) is 67.8 Å². The molecule has 0 fully saturated rings. The molecule has 0 bridgehead atoms. The largest absolute Gasteiger partial charge is 0.419 e. The third kappa shape index (κ3) is 6.22. The molecule has 40 heavy (non-hydrogen) atoms. The molecule has 0 radical (unpaired) electrons. The summed E-state index contributed by atoms with van der Waals surface area (Å²) < 4.78 is 91.1. The van der Waals surface area contributed by atoms with Crippen LogP contribution in [-0.2, 0) is 21.4 Å². The highest BCUT2D eigenvalue weighted by atomic mass is 35.5. The van der Waals surface area contributed by atoms with Gasteiger partial charge in [-0.15, -0.1) is 0 Å². The summed E-state index contributed by atoms with van der Waals surface area (Å²) in [7, 11) is 0. The zero-order chi connectivity index (χ0) is 29.5. The zero-order valence-corrected chi connectivity index (χ0v) is 21.4. The van der Waals surface area contributed by atoms with E-state index >= 15 is 0 Å². The van der Waals surface area contributed by atoms with Crippen LogP contribution in [0.1, 0.15) is 53.2 Å². The lowest BCUT2D eigenvalue weighted by atomic mass is 9.86. The molecule has 0 saturated carbocycles. The first-order valence-corrected chi connectivity index (χ1v) is 12.2. The van der Waals surface area contributed by atoms with Crippen LogP contribution in [0.4, 0.5) is 30.7 Å². The van der Waals surface area contributed by atoms with Crippen LogP contribution in [0.3, 0.4) is 0 Å². The Kier molecular flexibility index (Phi) is 7.85. The van der Waals surface area contributed by atoms with Gasteiger partial charge in [-0.05, 0) is 29.8 Å². The molecule has 1 N–H and O–H groups in total. The van der Waals surface area contributed by atoms with Crippen LogP contribution in [-0.4, -0.2) is 30.1 Å². The number of nitrogens with one attached hydrogen (secondary N) is 1. The van der Waals surface area contributed by atoms with Crippen LogP contribution in [0.2, 0.25) is 5.02 Å². The van der Waals surface area contributed by atoms with Crippen molar-refractivity contribution in [2.75, 3.05) is 6.54 Å². The van der Waals surface area contributed by atoms with E-state index in [1.54, 1.807) is 35.6 Å². The second-order valence-electron chi connectivity index (χ2n) is 9.38. The minimum absolute atomic E-state index is 0.0110. The maximum absolute atomic E-state index is 14.1. The zero-order valence-electron chi connectivity index (χ0n) is 20.6. The number of carbonyl (C=O) groups is 2. The molecule has 0 aliphatic carbocycles. The van der Waals surface area contributed by atoms with Gasteiger partial charge in [0.25, 0.3) is 0 Å².